The number of likely N-dealkylation sites (N-methyl/N-ethyl adjacent to an activating group) is 2. The van der Waals surface area contributed by atoms with Crippen molar-refractivity contribution in [1.82, 2.24) is 30.2 Å². The number of hydrogen-bond donors (Lipinski definition) is 2. The van der Waals surface area contributed by atoms with Gasteiger partial charge in [-0.25, -0.2) is 4.99 Å². The van der Waals surface area contributed by atoms with Crippen molar-refractivity contribution in [3.8, 4) is 0 Å². The van der Waals surface area contributed by atoms with Crippen LogP contribution in [-0.4, -0.2) is 78.4 Å². The molecule has 0 aromatic carbocycles. The Hall–Kier alpha value is -1.60. The zero-order chi connectivity index (χ0) is 17.7. The van der Waals surface area contributed by atoms with Crippen molar-refractivity contribution >= 4 is 5.96 Å². The second kappa shape index (κ2) is 8.48. The van der Waals surface area contributed by atoms with Crippen molar-refractivity contribution in [3.05, 3.63) is 17.0 Å². The van der Waals surface area contributed by atoms with E-state index in [9.17, 15) is 0 Å². The molecule has 0 amide bonds. The van der Waals surface area contributed by atoms with E-state index in [1.807, 2.05) is 18.7 Å². The zero-order valence-electron chi connectivity index (χ0n) is 16.1. The highest BCUT2D eigenvalue weighted by atomic mass is 15.3. The van der Waals surface area contributed by atoms with Gasteiger partial charge in [-0.3, -0.25) is 9.58 Å². The smallest absolute Gasteiger partial charge is 0.191 e. The molecule has 0 bridgehead atoms. The molecule has 0 saturated carbocycles. The van der Waals surface area contributed by atoms with Crippen LogP contribution in [0.3, 0.4) is 0 Å². The molecule has 2 rings (SSSR count). The van der Waals surface area contributed by atoms with E-state index < -0.39 is 0 Å². The van der Waals surface area contributed by atoms with E-state index in [2.05, 4.69) is 53.5 Å². The van der Waals surface area contributed by atoms with Gasteiger partial charge in [-0.05, 0) is 34.9 Å². The lowest BCUT2D eigenvalue weighted by molar-refractivity contribution is 0.116. The number of aliphatic imine (C=N–C) groups is 1. The first-order valence-electron chi connectivity index (χ1n) is 8.82. The molecule has 2 N–H and O–H groups in total. The summed E-state index contributed by atoms with van der Waals surface area (Å²) < 4.78 is 1.92. The minimum absolute atomic E-state index is 0.509. The Kier molecular flexibility index (Phi) is 6.62. The van der Waals surface area contributed by atoms with Crippen molar-refractivity contribution in [1.29, 1.82) is 0 Å². The summed E-state index contributed by atoms with van der Waals surface area (Å²) in [5.74, 6) is 0.877. The van der Waals surface area contributed by atoms with E-state index in [0.717, 1.165) is 44.4 Å². The first kappa shape index (κ1) is 18.7. The largest absolute Gasteiger partial charge is 0.357 e. The molecule has 1 saturated heterocycles. The third-order valence-electron chi connectivity index (χ3n) is 4.88. The number of aryl methyl sites for hydroxylation is 2. The molecule has 1 aromatic rings. The molecule has 1 atom stereocenters. The van der Waals surface area contributed by atoms with Crippen molar-refractivity contribution in [2.75, 3.05) is 46.8 Å². The summed E-state index contributed by atoms with van der Waals surface area (Å²) in [7, 11) is 6.37. The Balaban J connectivity index is 1.98. The molecule has 136 valence electrons. The molecular formula is C17H33N7. The van der Waals surface area contributed by atoms with Crippen molar-refractivity contribution in [3.63, 3.8) is 0 Å². The number of aromatic nitrogens is 2. The Bertz CT molecular complexity index is 564. The monoisotopic (exact) mass is 335 g/mol. The molecule has 1 aromatic heterocycles. The molecule has 0 radical (unpaired) electrons. The van der Waals surface area contributed by atoms with Gasteiger partial charge in [0.2, 0.25) is 0 Å². The fourth-order valence-electron chi connectivity index (χ4n) is 3.08. The van der Waals surface area contributed by atoms with Gasteiger partial charge in [0.1, 0.15) is 0 Å². The fourth-order valence-corrected chi connectivity index (χ4v) is 3.08. The lowest BCUT2D eigenvalue weighted by Gasteiger charge is -2.37. The van der Waals surface area contributed by atoms with Gasteiger partial charge < -0.3 is 15.5 Å². The first-order chi connectivity index (χ1) is 11.4. The lowest BCUT2D eigenvalue weighted by Crippen LogP contribution is -2.55. The van der Waals surface area contributed by atoms with Crippen LogP contribution in [0.2, 0.25) is 0 Å². The van der Waals surface area contributed by atoms with Crippen LogP contribution in [0.15, 0.2) is 4.99 Å². The summed E-state index contributed by atoms with van der Waals surface area (Å²) in [5, 5.41) is 11.3. The first-order valence-corrected chi connectivity index (χ1v) is 8.82. The third-order valence-corrected chi connectivity index (χ3v) is 4.88. The molecule has 1 aliphatic rings. The van der Waals surface area contributed by atoms with E-state index in [-0.39, 0.29) is 0 Å². The van der Waals surface area contributed by atoms with Gasteiger partial charge >= 0.3 is 0 Å². The minimum atomic E-state index is 0.509. The van der Waals surface area contributed by atoms with Gasteiger partial charge in [0.25, 0.3) is 0 Å². The van der Waals surface area contributed by atoms with Gasteiger partial charge in [-0.2, -0.15) is 5.10 Å². The zero-order valence-corrected chi connectivity index (χ0v) is 16.1. The van der Waals surface area contributed by atoms with E-state index in [0.29, 0.717) is 12.6 Å². The summed E-state index contributed by atoms with van der Waals surface area (Å²) in [4.78, 5) is 9.57. The molecule has 0 spiro atoms. The quantitative estimate of drug-likeness (QED) is 0.600. The highest BCUT2D eigenvalue weighted by Crippen LogP contribution is 2.12. The molecular weight excluding hydrogens is 302 g/mol. The lowest BCUT2D eigenvalue weighted by atomic mass is 10.2. The van der Waals surface area contributed by atoms with E-state index >= 15 is 0 Å². The highest BCUT2D eigenvalue weighted by molar-refractivity contribution is 5.79. The van der Waals surface area contributed by atoms with Crippen LogP contribution in [0, 0.1) is 13.8 Å². The summed E-state index contributed by atoms with van der Waals surface area (Å²) in [6.07, 6.45) is 0. The number of nitrogens with zero attached hydrogens (tertiary/aromatic N) is 5. The predicted octanol–water partition coefficient (Wildman–Crippen LogP) is 0.338. The summed E-state index contributed by atoms with van der Waals surface area (Å²) in [5.41, 5.74) is 3.45. The normalized spacial score (nSPS) is 20.4. The van der Waals surface area contributed by atoms with Crippen molar-refractivity contribution < 1.29 is 0 Å². The average molecular weight is 336 g/mol. The van der Waals surface area contributed by atoms with E-state index in [1.54, 1.807) is 0 Å². The maximum absolute atomic E-state index is 4.76. The molecule has 2 heterocycles. The van der Waals surface area contributed by atoms with Crippen LogP contribution >= 0.6 is 0 Å². The molecule has 0 aliphatic carbocycles. The van der Waals surface area contributed by atoms with Gasteiger partial charge in [0.05, 0.1) is 12.2 Å². The van der Waals surface area contributed by atoms with Gasteiger partial charge in [-0.15, -0.1) is 0 Å². The van der Waals surface area contributed by atoms with Gasteiger partial charge in [-0.1, -0.05) is 0 Å². The number of nitrogens with one attached hydrogen (secondary N) is 2. The topological polar surface area (TPSA) is 60.7 Å². The number of piperazine rings is 1. The second-order valence-corrected chi connectivity index (χ2v) is 6.75. The molecule has 7 nitrogen and oxygen atoms in total. The molecule has 24 heavy (non-hydrogen) atoms. The summed E-state index contributed by atoms with van der Waals surface area (Å²) >= 11 is 0. The van der Waals surface area contributed by atoms with E-state index in [4.69, 9.17) is 4.99 Å². The maximum Gasteiger partial charge on any atom is 0.191 e. The van der Waals surface area contributed by atoms with Crippen molar-refractivity contribution in [2.45, 2.75) is 33.4 Å². The Labute approximate surface area is 146 Å². The van der Waals surface area contributed by atoms with Crippen LogP contribution < -0.4 is 10.6 Å². The van der Waals surface area contributed by atoms with Crippen LogP contribution in [0.5, 0.6) is 0 Å². The van der Waals surface area contributed by atoms with Crippen LogP contribution in [0.4, 0.5) is 0 Å². The predicted molar refractivity (Wildman–Crippen MR) is 99.4 cm³/mol. The van der Waals surface area contributed by atoms with Crippen LogP contribution in [-0.2, 0) is 13.6 Å². The highest BCUT2D eigenvalue weighted by Gasteiger charge is 2.22. The molecule has 1 unspecified atom stereocenters. The van der Waals surface area contributed by atoms with Gasteiger partial charge in [0, 0.05) is 57.1 Å². The molecule has 1 aliphatic heterocycles. The van der Waals surface area contributed by atoms with E-state index in [1.165, 1.54) is 11.3 Å². The number of hydrogen-bond acceptors (Lipinski definition) is 4. The third kappa shape index (κ3) is 4.70. The Morgan fingerprint density at radius 1 is 1.21 bits per heavy atom. The van der Waals surface area contributed by atoms with Crippen LogP contribution in [0.25, 0.3) is 0 Å². The molecule has 1 fully saturated rings. The minimum Gasteiger partial charge on any atom is -0.357 e. The fraction of sp³-hybridized carbons (Fsp3) is 0.765. The van der Waals surface area contributed by atoms with Crippen molar-refractivity contribution in [2.24, 2.45) is 12.0 Å². The SMILES string of the molecule is CCNC(=NCc1c(C)nn(C)c1C)NCC1CN(C)CCN1C. The standard InChI is InChI=1S/C17H33N7/c1-7-18-17(19-10-15-12-22(4)8-9-23(15)5)20-11-16-13(2)21-24(6)14(16)3/h15H,7-12H2,1-6H3,(H2,18,19,20). The van der Waals surface area contributed by atoms with Gasteiger partial charge in [0.15, 0.2) is 5.96 Å². The second-order valence-electron chi connectivity index (χ2n) is 6.75. The summed E-state index contributed by atoms with van der Waals surface area (Å²) in [6.45, 7) is 12.0. The average Bonchev–Trinajstić information content (AvgIpc) is 2.78. The maximum atomic E-state index is 4.76. The Morgan fingerprint density at radius 3 is 2.58 bits per heavy atom. The summed E-state index contributed by atoms with van der Waals surface area (Å²) in [6, 6.07) is 0.509. The number of guanidine groups is 1. The molecule has 7 heteroatoms. The van der Waals surface area contributed by atoms with Crippen LogP contribution in [0.1, 0.15) is 23.9 Å². The number of rotatable bonds is 5. The Morgan fingerprint density at radius 2 is 1.96 bits per heavy atom.